The van der Waals surface area contributed by atoms with Crippen molar-refractivity contribution in [2.75, 3.05) is 60.7 Å². The third-order valence-corrected chi connectivity index (χ3v) is 18.2. The number of amides is 1. The molecule has 0 saturated carbocycles. The number of benzene rings is 1. The number of fused-ring (bicyclic) bond motifs is 1. The molecule has 24 nitrogen and oxygen atoms in total. The van der Waals surface area contributed by atoms with Crippen molar-refractivity contribution in [1.82, 2.24) is 19.7 Å². The van der Waals surface area contributed by atoms with Gasteiger partial charge in [0.1, 0.15) is 29.5 Å². The van der Waals surface area contributed by atoms with Gasteiger partial charge in [-0.2, -0.15) is 8.42 Å². The fourth-order valence-electron chi connectivity index (χ4n) is 12.0. The molecule has 25 heteroatoms. The lowest BCUT2D eigenvalue weighted by molar-refractivity contribution is -0.316. The Morgan fingerprint density at radius 2 is 1.60 bits per heavy atom. The molecule has 3 saturated heterocycles. The Bertz CT molecular complexity index is 2720. The van der Waals surface area contributed by atoms with Crippen molar-refractivity contribution in [3.05, 3.63) is 45.7 Å². The fourth-order valence-corrected chi connectivity index (χ4v) is 13.2. The van der Waals surface area contributed by atoms with Crippen LogP contribution in [-0.2, 0) is 70.1 Å². The number of hydrogen-bond acceptors (Lipinski definition) is 21. The van der Waals surface area contributed by atoms with E-state index in [0.29, 0.717) is 43.3 Å². The summed E-state index contributed by atoms with van der Waals surface area (Å²) in [6, 6.07) is 4.95. The SMILES string of the molecule is CC[C@H]1OC(=O)[C@H](C)[C@@H](O[C@H]2C[C@@](C)(OC)[C@@H](OS(=O)(=O)CCNCCCc3ccc4c(c3)c(=O)c(C(=O)O)cn4CC)[C@H](C)O2)[C@H](C)[C@@H](O[C@@H]2O[C@H](C)C[C@H](N(C)C)[C@H]2O)[C@](C)(O)C[C@@H](C)C(=NOCC(=O)N(C)C)[C@H](C)[C@@H](O)[C@]1(C)O. The van der Waals surface area contributed by atoms with Crippen molar-refractivity contribution in [3.8, 4) is 0 Å². The number of ether oxygens (including phenoxy) is 6. The second-order valence-electron chi connectivity index (χ2n) is 24.1. The number of oxime groups is 1. The van der Waals surface area contributed by atoms with Gasteiger partial charge in [0.2, 0.25) is 5.43 Å². The number of aryl methyl sites for hydroxylation is 2. The number of rotatable bonds is 21. The van der Waals surface area contributed by atoms with Crippen LogP contribution in [0.3, 0.4) is 0 Å². The van der Waals surface area contributed by atoms with Crippen molar-refractivity contribution in [3.63, 3.8) is 0 Å². The Balaban J connectivity index is 1.41. The van der Waals surface area contributed by atoms with Crippen LogP contribution in [0.2, 0.25) is 0 Å². The molecular formula is C58H95N5O19S. The molecule has 0 unspecified atom stereocenters. The number of aliphatic hydroxyl groups excluding tert-OH is 2. The molecule has 3 aliphatic rings. The number of likely N-dealkylation sites (N-methyl/N-ethyl adjacent to an activating group) is 2. The fraction of sp³-hybridized carbons (Fsp3) is 0.776. The lowest BCUT2D eigenvalue weighted by Gasteiger charge is -2.49. The summed E-state index contributed by atoms with van der Waals surface area (Å²) >= 11 is 0. The quantitative estimate of drug-likeness (QED) is 0.0452. The predicted octanol–water partition coefficient (Wildman–Crippen LogP) is 3.29. The molecule has 1 amide bonds. The monoisotopic (exact) mass is 1200 g/mol. The first-order valence-electron chi connectivity index (χ1n) is 28.9. The van der Waals surface area contributed by atoms with E-state index in [9.17, 15) is 53.1 Å². The third kappa shape index (κ3) is 16.9. The number of aliphatic hydroxyl groups is 4. The number of aromatic carboxylic acids is 1. The average molecular weight is 1200 g/mol. The van der Waals surface area contributed by atoms with Gasteiger partial charge in [-0.15, -0.1) is 0 Å². The Kier molecular flexibility index (Phi) is 24.3. The number of carbonyl (C=O) groups is 3. The molecule has 1 aromatic carbocycles. The zero-order valence-corrected chi connectivity index (χ0v) is 52.2. The van der Waals surface area contributed by atoms with E-state index in [1.54, 1.807) is 79.3 Å². The topological polar surface area (TPSA) is 313 Å². The molecule has 0 bridgehead atoms. The van der Waals surface area contributed by atoms with Crippen molar-refractivity contribution in [2.24, 2.45) is 28.8 Å². The number of cyclic esters (lactones) is 1. The van der Waals surface area contributed by atoms with Gasteiger partial charge in [0.15, 0.2) is 19.2 Å². The van der Waals surface area contributed by atoms with Crippen LogP contribution in [-0.4, -0.2) is 217 Å². The van der Waals surface area contributed by atoms with Crippen LogP contribution < -0.4 is 10.7 Å². The van der Waals surface area contributed by atoms with E-state index in [-0.39, 0.29) is 37.1 Å². The smallest absolute Gasteiger partial charge is 0.341 e. The zero-order valence-electron chi connectivity index (χ0n) is 51.4. The van der Waals surface area contributed by atoms with Crippen molar-refractivity contribution in [1.29, 1.82) is 0 Å². The van der Waals surface area contributed by atoms with Crippen LogP contribution in [0, 0.1) is 23.7 Å². The molecule has 6 N–H and O–H groups in total. The van der Waals surface area contributed by atoms with Gasteiger partial charge in [0.25, 0.3) is 16.0 Å². The number of carboxylic acid groups (broad SMARTS) is 1. The highest BCUT2D eigenvalue weighted by Crippen LogP contribution is 2.42. The minimum Gasteiger partial charge on any atom is -0.477 e. The molecule has 0 radical (unpaired) electrons. The molecule has 83 heavy (non-hydrogen) atoms. The van der Waals surface area contributed by atoms with Crippen LogP contribution in [0.4, 0.5) is 0 Å². The molecule has 0 spiro atoms. The van der Waals surface area contributed by atoms with E-state index >= 15 is 0 Å². The van der Waals surface area contributed by atoms with E-state index in [2.05, 4.69) is 10.5 Å². The van der Waals surface area contributed by atoms with Crippen LogP contribution in [0.1, 0.15) is 124 Å². The van der Waals surface area contributed by atoms with Crippen molar-refractivity contribution >= 4 is 44.6 Å². The minimum atomic E-state index is -4.24. The summed E-state index contributed by atoms with van der Waals surface area (Å²) < 4.78 is 73.6. The highest BCUT2D eigenvalue weighted by atomic mass is 32.2. The van der Waals surface area contributed by atoms with Crippen LogP contribution >= 0.6 is 0 Å². The summed E-state index contributed by atoms with van der Waals surface area (Å²) in [5, 5.41) is 66.5. The Morgan fingerprint density at radius 1 is 0.928 bits per heavy atom. The maximum atomic E-state index is 14.7. The highest BCUT2D eigenvalue weighted by molar-refractivity contribution is 7.86. The molecule has 1 aromatic heterocycles. The lowest BCUT2D eigenvalue weighted by atomic mass is 9.73. The van der Waals surface area contributed by atoms with Crippen LogP contribution in [0.5, 0.6) is 0 Å². The summed E-state index contributed by atoms with van der Waals surface area (Å²) in [5.74, 6) is -6.94. The zero-order chi connectivity index (χ0) is 62.3. The molecule has 3 aliphatic heterocycles. The number of aromatic nitrogens is 1. The molecule has 5 rings (SSSR count). The van der Waals surface area contributed by atoms with E-state index in [1.165, 1.54) is 32.1 Å². The molecule has 2 aromatic rings. The maximum absolute atomic E-state index is 14.7. The standard InChI is InChI=1S/C58H95N5O19S/c1-17-43-58(11,72)50(67)34(5)46(60-76-31-44(64)62(14)15)32(3)28-56(9,71)51(81-55-48(66)42(61(12)13)26-33(4)77-55)35(6)49(36(7)54(70)79-43)80-45-29-57(10,75-16)52(37(8)78-45)82-83(73,74)25-24-59-23-19-20-38-21-22-41-39(27-38)47(65)40(53(68)69)30-63(41)18-2/h21-22,27,30,32-37,42-43,45,48-52,55,59,66-67,71-72H,17-20,23-26,28-29,31H2,1-16H3,(H,68,69)/t32-,33-,34+,35+,36-,37+,42+,43-,45+,48-,49+,50-,51-,52+,55+,56-,57-,58-/m1/s1. The van der Waals surface area contributed by atoms with Gasteiger partial charge in [0.05, 0.1) is 64.6 Å². The summed E-state index contributed by atoms with van der Waals surface area (Å²) in [6.07, 6.45) is -9.17. The number of methoxy groups -OCH3 is 1. The second-order valence-corrected chi connectivity index (χ2v) is 25.9. The predicted molar refractivity (Wildman–Crippen MR) is 308 cm³/mol. The van der Waals surface area contributed by atoms with E-state index in [4.69, 9.17) is 37.4 Å². The first-order valence-corrected chi connectivity index (χ1v) is 30.5. The maximum Gasteiger partial charge on any atom is 0.341 e. The van der Waals surface area contributed by atoms with Gasteiger partial charge in [-0.1, -0.05) is 38.9 Å². The van der Waals surface area contributed by atoms with E-state index < -0.39 is 154 Å². The Labute approximate surface area is 489 Å². The van der Waals surface area contributed by atoms with Crippen LogP contribution in [0.25, 0.3) is 10.9 Å². The highest BCUT2D eigenvalue weighted by Gasteiger charge is 2.54. The number of carbonyl (C=O) groups excluding carboxylic acids is 2. The van der Waals surface area contributed by atoms with Crippen molar-refractivity contribution in [2.45, 2.75) is 205 Å². The van der Waals surface area contributed by atoms with Gasteiger partial charge in [-0.3, -0.25) is 18.6 Å². The van der Waals surface area contributed by atoms with Gasteiger partial charge >= 0.3 is 11.9 Å². The largest absolute Gasteiger partial charge is 0.477 e. The number of nitrogens with zero attached hydrogens (tertiary/aromatic N) is 4. The first kappa shape index (κ1) is 69.6. The molecule has 4 heterocycles. The van der Waals surface area contributed by atoms with Gasteiger partial charge in [-0.05, 0) is 119 Å². The van der Waals surface area contributed by atoms with E-state index in [1.807, 2.05) is 38.9 Å². The summed E-state index contributed by atoms with van der Waals surface area (Å²) in [6.45, 7) is 18.6. The van der Waals surface area contributed by atoms with Gasteiger partial charge < -0.3 is 78.5 Å². The van der Waals surface area contributed by atoms with E-state index in [0.717, 1.165) is 5.56 Å². The van der Waals surface area contributed by atoms with Crippen LogP contribution in [0.15, 0.2) is 34.3 Å². The molecule has 3 fully saturated rings. The second kappa shape index (κ2) is 29.0. The lowest BCUT2D eigenvalue weighted by Crippen LogP contribution is -2.61. The minimum absolute atomic E-state index is 0.0313. The normalized spacial score (nSPS) is 35.7. The van der Waals surface area contributed by atoms with Gasteiger partial charge in [-0.25, -0.2) is 4.79 Å². The third-order valence-electron chi connectivity index (χ3n) is 17.0. The molecular weight excluding hydrogens is 1100 g/mol. The Hall–Kier alpha value is -4.22. The molecule has 472 valence electrons. The summed E-state index contributed by atoms with van der Waals surface area (Å²) in [4.78, 5) is 60.9. The number of nitrogens with one attached hydrogen (secondary N) is 1. The number of hydrogen-bond donors (Lipinski definition) is 6. The first-order chi connectivity index (χ1) is 38.6. The number of pyridine rings is 1. The molecule has 0 aliphatic carbocycles. The number of esters is 1. The molecule has 18 atom stereocenters. The summed E-state index contributed by atoms with van der Waals surface area (Å²) in [7, 11) is 3.92. The average Bonchev–Trinajstić information content (AvgIpc) is 3.61. The van der Waals surface area contributed by atoms with Crippen molar-refractivity contribution < 1.29 is 85.8 Å². The van der Waals surface area contributed by atoms with Gasteiger partial charge in [0, 0.05) is 76.1 Å². The summed E-state index contributed by atoms with van der Waals surface area (Å²) in [5.41, 5.74) is -4.64. The number of carboxylic acids is 1. The Morgan fingerprint density at radius 3 is 2.20 bits per heavy atom.